The maximum absolute atomic E-state index is 13.3. The minimum atomic E-state index is -1.29. The maximum atomic E-state index is 13.3. The molecule has 140 valence electrons. The van der Waals surface area contributed by atoms with Crippen LogP contribution in [-0.2, 0) is 14.3 Å². The van der Waals surface area contributed by atoms with E-state index in [1.807, 2.05) is 18.2 Å². The van der Waals surface area contributed by atoms with Crippen LogP contribution < -0.4 is 4.74 Å². The molecule has 0 saturated heterocycles. The number of ether oxygens (including phenoxy) is 2. The molecule has 6 heteroatoms. The van der Waals surface area contributed by atoms with E-state index >= 15 is 0 Å². The first kappa shape index (κ1) is 18.2. The van der Waals surface area contributed by atoms with Crippen molar-refractivity contribution in [2.24, 2.45) is 17.3 Å². The van der Waals surface area contributed by atoms with Gasteiger partial charge in [-0.05, 0) is 49.7 Å². The van der Waals surface area contributed by atoms with E-state index in [1.165, 1.54) is 0 Å². The van der Waals surface area contributed by atoms with Crippen molar-refractivity contribution in [1.29, 1.82) is 0 Å². The van der Waals surface area contributed by atoms with E-state index in [4.69, 9.17) is 34.7 Å². The number of para-hydroxylation sites is 1. The Balaban J connectivity index is 1.93. The van der Waals surface area contributed by atoms with Gasteiger partial charge in [0.25, 0.3) is 0 Å². The van der Waals surface area contributed by atoms with Crippen molar-refractivity contribution in [3.05, 3.63) is 29.8 Å². The third-order valence-electron chi connectivity index (χ3n) is 6.45. The van der Waals surface area contributed by atoms with E-state index in [-0.39, 0.29) is 24.4 Å². The van der Waals surface area contributed by atoms with Gasteiger partial charge in [-0.15, -0.1) is 0 Å². The van der Waals surface area contributed by atoms with Crippen LogP contribution in [0.3, 0.4) is 0 Å². The third kappa shape index (κ3) is 2.44. The van der Waals surface area contributed by atoms with Gasteiger partial charge in [0.15, 0.2) is 5.41 Å². The minimum absolute atomic E-state index is 0.0707. The zero-order valence-corrected chi connectivity index (χ0v) is 16.6. The van der Waals surface area contributed by atoms with Gasteiger partial charge < -0.3 is 9.47 Å². The highest BCUT2D eigenvalue weighted by Crippen LogP contribution is 2.66. The van der Waals surface area contributed by atoms with Gasteiger partial charge in [-0.1, -0.05) is 31.0 Å². The molecule has 0 bridgehead atoms. The highest BCUT2D eigenvalue weighted by Gasteiger charge is 2.69. The molecule has 1 aliphatic heterocycles. The largest absolute Gasteiger partial charge is 0.465 e. The molecule has 2 saturated carbocycles. The Bertz CT molecular complexity index is 747. The van der Waals surface area contributed by atoms with Crippen LogP contribution in [0.2, 0.25) is 0 Å². The molecule has 4 atom stereocenters. The molecule has 0 N–H and O–H groups in total. The summed E-state index contributed by atoms with van der Waals surface area (Å²) in [5.74, 6) is -0.791. The first-order valence-corrected chi connectivity index (χ1v) is 10.3. The van der Waals surface area contributed by atoms with Gasteiger partial charge >= 0.3 is 11.9 Å². The van der Waals surface area contributed by atoms with Gasteiger partial charge in [0.2, 0.25) is 0 Å². The van der Waals surface area contributed by atoms with Crippen LogP contribution in [0.4, 0.5) is 0 Å². The Morgan fingerprint density at radius 1 is 1.23 bits per heavy atom. The molecule has 3 aliphatic rings. The maximum Gasteiger partial charge on any atom is 0.329 e. The molecule has 26 heavy (non-hydrogen) atoms. The zero-order valence-electron chi connectivity index (χ0n) is 14.8. The number of hydrogen-bond donors (Lipinski definition) is 2. The highest BCUT2D eigenvalue weighted by molar-refractivity contribution is 8.00. The quantitative estimate of drug-likeness (QED) is 0.263. The molecule has 4 nitrogen and oxygen atoms in total. The van der Waals surface area contributed by atoms with Crippen molar-refractivity contribution in [2.75, 3.05) is 6.61 Å². The Kier molecular flexibility index (Phi) is 4.55. The summed E-state index contributed by atoms with van der Waals surface area (Å²) in [4.78, 5) is 26.6. The highest BCUT2D eigenvalue weighted by atomic mass is 32.2. The molecule has 2 aliphatic carbocycles. The lowest BCUT2D eigenvalue weighted by Crippen LogP contribution is -2.63. The number of hydrogen-bond acceptors (Lipinski definition) is 6. The molecule has 0 radical (unpaired) electrons. The predicted molar refractivity (Wildman–Crippen MR) is 105 cm³/mol. The van der Waals surface area contributed by atoms with Crippen molar-refractivity contribution < 1.29 is 19.1 Å². The smallest absolute Gasteiger partial charge is 0.329 e. The van der Waals surface area contributed by atoms with Gasteiger partial charge in [-0.2, -0.15) is 25.3 Å². The van der Waals surface area contributed by atoms with E-state index in [0.717, 1.165) is 31.2 Å². The van der Waals surface area contributed by atoms with Crippen molar-refractivity contribution in [3.63, 3.8) is 0 Å². The minimum Gasteiger partial charge on any atom is -0.465 e. The normalized spacial score (nSPS) is 34.7. The lowest BCUT2D eigenvalue weighted by Gasteiger charge is -2.57. The fourth-order valence-corrected chi connectivity index (χ4v) is 6.41. The monoisotopic (exact) mass is 392 g/mol. The number of thiol groups is 2. The molecule has 4 unspecified atom stereocenters. The van der Waals surface area contributed by atoms with Gasteiger partial charge in [0, 0.05) is 5.92 Å². The first-order valence-electron chi connectivity index (χ1n) is 9.36. The zero-order chi connectivity index (χ0) is 18.5. The van der Waals surface area contributed by atoms with Crippen molar-refractivity contribution in [3.8, 4) is 5.75 Å². The molecular weight excluding hydrogens is 368 g/mol. The molecule has 4 rings (SSSR count). The standard InChI is InChI=1S/C20H24O4S2/c1-2-23-17(21)20-14-9-5-4-8-13(14)19(25,26)11-15(20)12-7-3-6-10-16(12)24-18(20)22/h3,6-7,10,13-15,25-26H,2,4-5,8-9,11H2,1H3. The second kappa shape index (κ2) is 6.48. The molecule has 2 fully saturated rings. The second-order valence-electron chi connectivity index (χ2n) is 7.65. The van der Waals surface area contributed by atoms with Crippen LogP contribution in [0.1, 0.15) is 50.5 Å². The molecule has 1 aromatic rings. The first-order chi connectivity index (χ1) is 12.4. The summed E-state index contributed by atoms with van der Waals surface area (Å²) in [6.07, 6.45) is 4.30. The van der Waals surface area contributed by atoms with Gasteiger partial charge in [0.05, 0.1) is 10.7 Å². The summed E-state index contributed by atoms with van der Waals surface area (Å²) >= 11 is 9.79. The van der Waals surface area contributed by atoms with Crippen LogP contribution in [0, 0.1) is 17.3 Å². The van der Waals surface area contributed by atoms with E-state index in [1.54, 1.807) is 13.0 Å². The van der Waals surface area contributed by atoms with Crippen LogP contribution in [-0.4, -0.2) is 22.6 Å². The molecule has 0 aromatic heterocycles. The second-order valence-corrected chi connectivity index (χ2v) is 9.60. The summed E-state index contributed by atoms with van der Waals surface area (Å²) in [5.41, 5.74) is -0.402. The Morgan fingerprint density at radius 3 is 2.65 bits per heavy atom. The Labute approximate surface area is 164 Å². The predicted octanol–water partition coefficient (Wildman–Crippen LogP) is 4.00. The average Bonchev–Trinajstić information content (AvgIpc) is 2.62. The topological polar surface area (TPSA) is 52.6 Å². The lowest BCUT2D eigenvalue weighted by molar-refractivity contribution is -0.183. The average molecular weight is 393 g/mol. The SMILES string of the molecule is CCOC(=O)C12C(=O)Oc3ccccc3C1CC(S)(S)C1CCCCC12. The number of benzene rings is 1. The van der Waals surface area contributed by atoms with Crippen LogP contribution >= 0.6 is 25.3 Å². The molecule has 1 heterocycles. The van der Waals surface area contributed by atoms with Crippen molar-refractivity contribution in [1.82, 2.24) is 0 Å². The van der Waals surface area contributed by atoms with Gasteiger partial charge in [-0.25, -0.2) is 0 Å². The summed E-state index contributed by atoms with van der Waals surface area (Å²) in [7, 11) is 0. The number of carbonyl (C=O) groups is 2. The van der Waals surface area contributed by atoms with Crippen LogP contribution in [0.15, 0.2) is 24.3 Å². The molecular formula is C20H24O4S2. The van der Waals surface area contributed by atoms with Crippen molar-refractivity contribution >= 4 is 37.2 Å². The van der Waals surface area contributed by atoms with E-state index in [0.29, 0.717) is 12.2 Å². The fraction of sp³-hybridized carbons (Fsp3) is 0.600. The fourth-order valence-electron chi connectivity index (χ4n) is 5.42. The number of fused-ring (bicyclic) bond motifs is 5. The summed E-state index contributed by atoms with van der Waals surface area (Å²) in [5, 5.41) is 0. The van der Waals surface area contributed by atoms with Crippen LogP contribution in [0.5, 0.6) is 5.75 Å². The summed E-state index contributed by atoms with van der Waals surface area (Å²) in [6.45, 7) is 2.01. The Hall–Kier alpha value is -1.14. The van der Waals surface area contributed by atoms with E-state index in [9.17, 15) is 9.59 Å². The number of esters is 2. The number of carbonyl (C=O) groups excluding carboxylic acids is 2. The van der Waals surface area contributed by atoms with E-state index in [2.05, 4.69) is 0 Å². The van der Waals surface area contributed by atoms with Crippen LogP contribution in [0.25, 0.3) is 0 Å². The van der Waals surface area contributed by atoms with Gasteiger partial charge in [-0.3, -0.25) is 9.59 Å². The molecule has 0 spiro atoms. The number of rotatable bonds is 2. The lowest BCUT2D eigenvalue weighted by atomic mass is 9.50. The summed E-state index contributed by atoms with van der Waals surface area (Å²) in [6, 6.07) is 7.49. The van der Waals surface area contributed by atoms with E-state index < -0.39 is 21.4 Å². The molecule has 1 aromatic carbocycles. The molecule has 0 amide bonds. The Morgan fingerprint density at radius 2 is 1.92 bits per heavy atom. The third-order valence-corrected chi connectivity index (χ3v) is 7.48. The van der Waals surface area contributed by atoms with Crippen molar-refractivity contribution in [2.45, 2.75) is 49.0 Å². The van der Waals surface area contributed by atoms with Gasteiger partial charge in [0.1, 0.15) is 5.75 Å². The summed E-state index contributed by atoms with van der Waals surface area (Å²) < 4.78 is 10.6.